The fraction of sp³-hybridized carbons (Fsp3) is 0.273. The summed E-state index contributed by atoms with van der Waals surface area (Å²) in [7, 11) is 0. The monoisotopic (exact) mass is 240 g/mol. The molecule has 2 rings (SSSR count). The summed E-state index contributed by atoms with van der Waals surface area (Å²) in [6.07, 6.45) is 0.0487. The lowest BCUT2D eigenvalue weighted by Crippen LogP contribution is -2.10. The predicted octanol–water partition coefficient (Wildman–Crippen LogP) is 1.62. The summed E-state index contributed by atoms with van der Waals surface area (Å²) in [5.41, 5.74) is 0.742. The molecular weight excluding hydrogens is 232 g/mol. The van der Waals surface area contributed by atoms with E-state index in [2.05, 4.69) is 0 Å². The van der Waals surface area contributed by atoms with Crippen molar-refractivity contribution in [3.8, 4) is 0 Å². The van der Waals surface area contributed by atoms with Gasteiger partial charge in [0.15, 0.2) is 0 Å². The molecule has 5 heteroatoms. The van der Waals surface area contributed by atoms with Crippen molar-refractivity contribution in [3.63, 3.8) is 0 Å². The molecule has 0 N–H and O–H groups in total. The minimum absolute atomic E-state index is 0.0487. The molecule has 1 unspecified atom stereocenters. The van der Waals surface area contributed by atoms with Gasteiger partial charge in [-0.2, -0.15) is 0 Å². The van der Waals surface area contributed by atoms with Gasteiger partial charge in [-0.25, -0.2) is 4.79 Å². The summed E-state index contributed by atoms with van der Waals surface area (Å²) in [4.78, 5) is 22.2. The molecule has 0 saturated carbocycles. The van der Waals surface area contributed by atoms with Crippen molar-refractivity contribution in [1.29, 1.82) is 0 Å². The number of rotatable bonds is 4. The number of benzene rings is 1. The molecule has 1 heterocycles. The Morgan fingerprint density at radius 3 is 2.38 bits per heavy atom. The SMILES string of the molecule is O=C(Cl)c1ccc(C(=O)OCC2CO2)cc1. The van der Waals surface area contributed by atoms with E-state index in [0.29, 0.717) is 17.7 Å². The number of ether oxygens (including phenoxy) is 2. The normalized spacial score (nSPS) is 17.9. The van der Waals surface area contributed by atoms with Crippen molar-refractivity contribution < 1.29 is 19.1 Å². The first-order valence-electron chi connectivity index (χ1n) is 4.75. The van der Waals surface area contributed by atoms with Gasteiger partial charge in [-0.15, -0.1) is 0 Å². The van der Waals surface area contributed by atoms with Gasteiger partial charge in [0, 0.05) is 5.56 Å². The van der Waals surface area contributed by atoms with Gasteiger partial charge in [-0.05, 0) is 35.9 Å². The molecule has 0 radical (unpaired) electrons. The van der Waals surface area contributed by atoms with Gasteiger partial charge in [0.05, 0.1) is 12.2 Å². The standard InChI is InChI=1S/C11H9ClO4/c12-10(13)7-1-3-8(4-2-7)11(14)16-6-9-5-15-9/h1-4,9H,5-6H2. The fourth-order valence-corrected chi connectivity index (χ4v) is 1.28. The molecule has 1 atom stereocenters. The highest BCUT2D eigenvalue weighted by Gasteiger charge is 2.24. The molecule has 0 spiro atoms. The van der Waals surface area contributed by atoms with Crippen molar-refractivity contribution in [2.45, 2.75) is 6.10 Å². The largest absolute Gasteiger partial charge is 0.459 e. The van der Waals surface area contributed by atoms with Crippen LogP contribution in [0.1, 0.15) is 20.7 Å². The number of halogens is 1. The van der Waals surface area contributed by atoms with Crippen LogP contribution in [0.15, 0.2) is 24.3 Å². The highest BCUT2D eigenvalue weighted by molar-refractivity contribution is 6.67. The zero-order chi connectivity index (χ0) is 11.5. The van der Waals surface area contributed by atoms with Gasteiger partial charge in [-0.3, -0.25) is 4.79 Å². The van der Waals surface area contributed by atoms with E-state index in [1.807, 2.05) is 0 Å². The molecule has 4 nitrogen and oxygen atoms in total. The zero-order valence-corrected chi connectivity index (χ0v) is 9.07. The van der Waals surface area contributed by atoms with Crippen molar-refractivity contribution in [2.24, 2.45) is 0 Å². The van der Waals surface area contributed by atoms with Gasteiger partial charge in [0.2, 0.25) is 0 Å². The van der Waals surface area contributed by atoms with E-state index >= 15 is 0 Å². The average Bonchev–Trinajstić information content (AvgIpc) is 3.10. The van der Waals surface area contributed by atoms with E-state index in [9.17, 15) is 9.59 Å². The van der Waals surface area contributed by atoms with Crippen LogP contribution in [0.5, 0.6) is 0 Å². The smallest absolute Gasteiger partial charge is 0.338 e. The summed E-state index contributed by atoms with van der Waals surface area (Å²) in [5.74, 6) is -0.427. The number of esters is 1. The van der Waals surface area contributed by atoms with Crippen LogP contribution in [0.3, 0.4) is 0 Å². The third-order valence-electron chi connectivity index (χ3n) is 2.15. The second-order valence-corrected chi connectivity index (χ2v) is 3.75. The van der Waals surface area contributed by atoms with Gasteiger partial charge in [0.25, 0.3) is 5.24 Å². The summed E-state index contributed by atoms with van der Waals surface area (Å²) < 4.78 is 9.88. The van der Waals surface area contributed by atoms with E-state index in [0.717, 1.165) is 0 Å². The Kier molecular flexibility index (Phi) is 3.22. The summed E-state index contributed by atoms with van der Waals surface area (Å²) in [6, 6.07) is 5.98. The lowest BCUT2D eigenvalue weighted by atomic mass is 10.1. The Morgan fingerprint density at radius 2 is 1.88 bits per heavy atom. The number of epoxide rings is 1. The van der Waals surface area contributed by atoms with Gasteiger partial charge < -0.3 is 9.47 Å². The number of carbonyl (C=O) groups excluding carboxylic acids is 2. The van der Waals surface area contributed by atoms with Crippen LogP contribution in [0, 0.1) is 0 Å². The first-order chi connectivity index (χ1) is 7.66. The number of carbonyl (C=O) groups is 2. The van der Waals surface area contributed by atoms with Gasteiger partial charge in [0.1, 0.15) is 12.7 Å². The third kappa shape index (κ3) is 2.81. The summed E-state index contributed by atoms with van der Waals surface area (Å²) >= 11 is 5.27. The lowest BCUT2D eigenvalue weighted by molar-refractivity contribution is 0.0476. The minimum atomic E-state index is -0.550. The van der Waals surface area contributed by atoms with Crippen molar-refractivity contribution in [2.75, 3.05) is 13.2 Å². The summed E-state index contributed by atoms with van der Waals surface area (Å²) in [6.45, 7) is 0.919. The second-order valence-electron chi connectivity index (χ2n) is 3.40. The Labute approximate surface area is 97.1 Å². The lowest BCUT2D eigenvalue weighted by Gasteiger charge is -2.02. The van der Waals surface area contributed by atoms with E-state index in [-0.39, 0.29) is 12.7 Å². The van der Waals surface area contributed by atoms with Crippen molar-refractivity contribution >= 4 is 22.8 Å². The molecule has 84 valence electrons. The molecule has 1 aliphatic rings. The average molecular weight is 241 g/mol. The Bertz CT molecular complexity index is 408. The Hall–Kier alpha value is -1.39. The van der Waals surface area contributed by atoms with Crippen LogP contribution >= 0.6 is 11.6 Å². The van der Waals surface area contributed by atoms with Crippen molar-refractivity contribution in [1.82, 2.24) is 0 Å². The van der Waals surface area contributed by atoms with Crippen LogP contribution in [-0.4, -0.2) is 30.5 Å². The van der Waals surface area contributed by atoms with Crippen LogP contribution < -0.4 is 0 Å². The van der Waals surface area contributed by atoms with Crippen LogP contribution in [-0.2, 0) is 9.47 Å². The minimum Gasteiger partial charge on any atom is -0.459 e. The van der Waals surface area contributed by atoms with Crippen LogP contribution in [0.2, 0.25) is 0 Å². The molecule has 1 aliphatic heterocycles. The van der Waals surface area contributed by atoms with E-state index in [1.165, 1.54) is 24.3 Å². The van der Waals surface area contributed by atoms with E-state index < -0.39 is 11.2 Å². The third-order valence-corrected chi connectivity index (χ3v) is 2.37. The molecule has 0 bridgehead atoms. The molecule has 1 aromatic rings. The molecular formula is C11H9ClO4. The van der Waals surface area contributed by atoms with E-state index in [4.69, 9.17) is 21.1 Å². The second kappa shape index (κ2) is 4.63. The zero-order valence-electron chi connectivity index (χ0n) is 8.31. The molecule has 1 aromatic carbocycles. The van der Waals surface area contributed by atoms with Gasteiger partial charge in [-0.1, -0.05) is 0 Å². The van der Waals surface area contributed by atoms with Crippen molar-refractivity contribution in [3.05, 3.63) is 35.4 Å². The van der Waals surface area contributed by atoms with Gasteiger partial charge >= 0.3 is 5.97 Å². The maximum Gasteiger partial charge on any atom is 0.338 e. The Balaban J connectivity index is 1.96. The maximum atomic E-state index is 11.5. The molecule has 0 amide bonds. The first-order valence-corrected chi connectivity index (χ1v) is 5.13. The quantitative estimate of drug-likeness (QED) is 0.456. The number of hydrogen-bond donors (Lipinski definition) is 0. The fourth-order valence-electron chi connectivity index (χ4n) is 1.15. The Morgan fingerprint density at radius 1 is 1.31 bits per heavy atom. The number of hydrogen-bond acceptors (Lipinski definition) is 4. The summed E-state index contributed by atoms with van der Waals surface area (Å²) in [5, 5.41) is -0.550. The van der Waals surface area contributed by atoms with Crippen LogP contribution in [0.4, 0.5) is 0 Å². The molecule has 0 aromatic heterocycles. The highest BCUT2D eigenvalue weighted by Crippen LogP contribution is 2.12. The highest BCUT2D eigenvalue weighted by atomic mass is 35.5. The van der Waals surface area contributed by atoms with E-state index in [1.54, 1.807) is 0 Å². The molecule has 16 heavy (non-hydrogen) atoms. The first kappa shape index (κ1) is 11.1. The van der Waals surface area contributed by atoms with Crippen LogP contribution in [0.25, 0.3) is 0 Å². The predicted molar refractivity (Wildman–Crippen MR) is 56.6 cm³/mol. The molecule has 1 fully saturated rings. The molecule has 1 saturated heterocycles. The topological polar surface area (TPSA) is 55.9 Å². The molecule has 0 aliphatic carbocycles. The maximum absolute atomic E-state index is 11.5.